The van der Waals surface area contributed by atoms with Gasteiger partial charge in [-0.3, -0.25) is 10.1 Å². The summed E-state index contributed by atoms with van der Waals surface area (Å²) in [5.41, 5.74) is 6.66. The fourth-order valence-electron chi connectivity index (χ4n) is 2.14. The molecule has 1 aliphatic rings. The van der Waals surface area contributed by atoms with E-state index in [0.29, 0.717) is 25.4 Å². The fraction of sp³-hybridized carbons (Fsp3) is 0.500. The van der Waals surface area contributed by atoms with Gasteiger partial charge in [-0.2, -0.15) is 0 Å². The van der Waals surface area contributed by atoms with Crippen LogP contribution in [-0.4, -0.2) is 30.2 Å². The van der Waals surface area contributed by atoms with Crippen LogP contribution in [0.5, 0.6) is 0 Å². The maximum Gasteiger partial charge on any atom is 0.273 e. The van der Waals surface area contributed by atoms with E-state index in [4.69, 9.17) is 10.5 Å². The molecule has 0 spiro atoms. The van der Waals surface area contributed by atoms with Crippen LogP contribution in [0.3, 0.4) is 0 Å². The van der Waals surface area contributed by atoms with Crippen LogP contribution in [0.25, 0.3) is 0 Å². The lowest BCUT2D eigenvalue weighted by Crippen LogP contribution is -2.48. The molecule has 1 aromatic rings. The molecule has 2 N–H and O–H groups in total. The van der Waals surface area contributed by atoms with Gasteiger partial charge in [0.1, 0.15) is 0 Å². The van der Waals surface area contributed by atoms with Crippen LogP contribution in [0.4, 0.5) is 17.1 Å². The Labute approximate surface area is 105 Å². The summed E-state index contributed by atoms with van der Waals surface area (Å²) in [6.45, 7) is 6.01. The molecule has 6 heteroatoms. The summed E-state index contributed by atoms with van der Waals surface area (Å²) in [5, 5.41) is 10.8. The molecule has 0 aromatic heterocycles. The Balaban J connectivity index is 2.30. The molecule has 0 bridgehead atoms. The summed E-state index contributed by atoms with van der Waals surface area (Å²) >= 11 is 0. The van der Waals surface area contributed by atoms with Crippen molar-refractivity contribution in [1.82, 2.24) is 0 Å². The predicted molar refractivity (Wildman–Crippen MR) is 69.8 cm³/mol. The first-order chi connectivity index (χ1) is 8.37. The number of ether oxygens (including phenoxy) is 1. The molecule has 0 amide bonds. The zero-order valence-corrected chi connectivity index (χ0v) is 10.5. The second kappa shape index (κ2) is 4.45. The highest BCUT2D eigenvalue weighted by Gasteiger charge is 2.28. The van der Waals surface area contributed by atoms with Gasteiger partial charge in [-0.1, -0.05) is 0 Å². The van der Waals surface area contributed by atoms with Gasteiger partial charge >= 0.3 is 0 Å². The van der Waals surface area contributed by atoms with E-state index < -0.39 is 4.92 Å². The predicted octanol–water partition coefficient (Wildman–Crippen LogP) is 1.79. The Hall–Kier alpha value is -1.82. The second-order valence-corrected chi connectivity index (χ2v) is 5.07. The number of nitrogen functional groups attached to an aromatic ring is 1. The SMILES string of the molecule is CC1(C)CN(c2cc(N)cc([N+](=O)[O-])c2)CCO1. The summed E-state index contributed by atoms with van der Waals surface area (Å²) in [6.07, 6.45) is 0. The van der Waals surface area contributed by atoms with Crippen LogP contribution in [-0.2, 0) is 4.74 Å². The number of nitro groups is 1. The topological polar surface area (TPSA) is 81.6 Å². The van der Waals surface area contributed by atoms with E-state index in [0.717, 1.165) is 5.69 Å². The minimum absolute atomic E-state index is 0.0225. The molecule has 1 aromatic carbocycles. The van der Waals surface area contributed by atoms with Crippen molar-refractivity contribution in [2.75, 3.05) is 30.3 Å². The smallest absolute Gasteiger partial charge is 0.273 e. The molecule has 0 saturated carbocycles. The quantitative estimate of drug-likeness (QED) is 0.492. The number of non-ortho nitro benzene ring substituents is 1. The van der Waals surface area contributed by atoms with Crippen molar-refractivity contribution in [2.24, 2.45) is 0 Å². The largest absolute Gasteiger partial charge is 0.398 e. The number of anilines is 2. The molecule has 2 rings (SSSR count). The number of nitro benzene ring substituents is 1. The summed E-state index contributed by atoms with van der Waals surface area (Å²) in [5.74, 6) is 0. The van der Waals surface area contributed by atoms with E-state index in [1.165, 1.54) is 6.07 Å². The monoisotopic (exact) mass is 251 g/mol. The molecule has 18 heavy (non-hydrogen) atoms. The Morgan fingerprint density at radius 3 is 2.78 bits per heavy atom. The Morgan fingerprint density at radius 2 is 2.17 bits per heavy atom. The third-order valence-electron chi connectivity index (χ3n) is 2.93. The van der Waals surface area contributed by atoms with Crippen molar-refractivity contribution in [1.29, 1.82) is 0 Å². The van der Waals surface area contributed by atoms with Crippen LogP contribution in [0.15, 0.2) is 18.2 Å². The lowest BCUT2D eigenvalue weighted by atomic mass is 10.1. The molecule has 0 aliphatic carbocycles. The molecule has 1 fully saturated rings. The van der Waals surface area contributed by atoms with E-state index in [-0.39, 0.29) is 11.3 Å². The van der Waals surface area contributed by atoms with Crippen LogP contribution >= 0.6 is 0 Å². The minimum atomic E-state index is -0.425. The highest BCUT2D eigenvalue weighted by atomic mass is 16.6. The zero-order valence-electron chi connectivity index (χ0n) is 10.5. The first-order valence-corrected chi connectivity index (χ1v) is 5.81. The summed E-state index contributed by atoms with van der Waals surface area (Å²) in [4.78, 5) is 12.5. The molecule has 0 atom stereocenters. The second-order valence-electron chi connectivity index (χ2n) is 5.07. The van der Waals surface area contributed by atoms with E-state index in [9.17, 15) is 10.1 Å². The van der Waals surface area contributed by atoms with Gasteiger partial charge in [0, 0.05) is 36.6 Å². The van der Waals surface area contributed by atoms with Crippen molar-refractivity contribution in [3.63, 3.8) is 0 Å². The number of benzene rings is 1. The maximum atomic E-state index is 10.8. The van der Waals surface area contributed by atoms with Gasteiger partial charge in [0.05, 0.1) is 17.1 Å². The third kappa shape index (κ3) is 2.70. The fourth-order valence-corrected chi connectivity index (χ4v) is 2.14. The first-order valence-electron chi connectivity index (χ1n) is 5.81. The molecule has 0 radical (unpaired) electrons. The van der Waals surface area contributed by atoms with Crippen LogP contribution < -0.4 is 10.6 Å². The number of morpholine rings is 1. The van der Waals surface area contributed by atoms with Crippen LogP contribution in [0.2, 0.25) is 0 Å². The van der Waals surface area contributed by atoms with Crippen molar-refractivity contribution in [3.8, 4) is 0 Å². The molecule has 98 valence electrons. The standard InChI is InChI=1S/C12H17N3O3/c1-12(2)8-14(3-4-18-12)10-5-9(13)6-11(7-10)15(16)17/h5-7H,3-4,8,13H2,1-2H3. The molecular formula is C12H17N3O3. The normalized spacial score (nSPS) is 18.7. The minimum Gasteiger partial charge on any atom is -0.398 e. The first kappa shape index (κ1) is 12.6. The van der Waals surface area contributed by atoms with Gasteiger partial charge in [-0.15, -0.1) is 0 Å². The van der Waals surface area contributed by atoms with Crippen LogP contribution in [0, 0.1) is 10.1 Å². The average molecular weight is 251 g/mol. The van der Waals surface area contributed by atoms with Crippen molar-refractivity contribution < 1.29 is 9.66 Å². The zero-order chi connectivity index (χ0) is 13.3. The summed E-state index contributed by atoms with van der Waals surface area (Å²) < 4.78 is 5.62. The maximum absolute atomic E-state index is 10.8. The Bertz CT molecular complexity index is 474. The van der Waals surface area contributed by atoms with Gasteiger partial charge < -0.3 is 15.4 Å². The van der Waals surface area contributed by atoms with E-state index >= 15 is 0 Å². The van der Waals surface area contributed by atoms with Crippen molar-refractivity contribution >= 4 is 17.1 Å². The van der Waals surface area contributed by atoms with Crippen molar-refractivity contribution in [2.45, 2.75) is 19.4 Å². The van der Waals surface area contributed by atoms with Gasteiger partial charge in [0.15, 0.2) is 0 Å². The average Bonchev–Trinajstić information content (AvgIpc) is 2.26. The highest BCUT2D eigenvalue weighted by Crippen LogP contribution is 2.28. The number of hydrogen-bond donors (Lipinski definition) is 1. The number of rotatable bonds is 2. The molecule has 1 saturated heterocycles. The van der Waals surface area contributed by atoms with Gasteiger partial charge in [0.2, 0.25) is 0 Å². The van der Waals surface area contributed by atoms with E-state index in [2.05, 4.69) is 4.90 Å². The van der Waals surface area contributed by atoms with Gasteiger partial charge in [-0.25, -0.2) is 0 Å². The van der Waals surface area contributed by atoms with E-state index in [1.807, 2.05) is 13.8 Å². The summed E-state index contributed by atoms with van der Waals surface area (Å²) in [6, 6.07) is 4.68. The third-order valence-corrected chi connectivity index (χ3v) is 2.93. The number of nitrogens with two attached hydrogens (primary N) is 1. The molecule has 1 heterocycles. The van der Waals surface area contributed by atoms with Crippen molar-refractivity contribution in [3.05, 3.63) is 28.3 Å². The number of hydrogen-bond acceptors (Lipinski definition) is 5. The lowest BCUT2D eigenvalue weighted by Gasteiger charge is -2.39. The lowest BCUT2D eigenvalue weighted by molar-refractivity contribution is -0.384. The van der Waals surface area contributed by atoms with Gasteiger partial charge in [-0.05, 0) is 19.9 Å². The highest BCUT2D eigenvalue weighted by molar-refractivity contribution is 5.63. The van der Waals surface area contributed by atoms with Gasteiger partial charge in [0.25, 0.3) is 5.69 Å². The molecule has 0 unspecified atom stereocenters. The summed E-state index contributed by atoms with van der Waals surface area (Å²) in [7, 11) is 0. The Morgan fingerprint density at radius 1 is 1.44 bits per heavy atom. The molecule has 1 aliphatic heterocycles. The Kier molecular flexibility index (Phi) is 3.13. The van der Waals surface area contributed by atoms with E-state index in [1.54, 1.807) is 12.1 Å². The number of nitrogens with zero attached hydrogens (tertiary/aromatic N) is 2. The molecule has 6 nitrogen and oxygen atoms in total. The van der Waals surface area contributed by atoms with Crippen LogP contribution in [0.1, 0.15) is 13.8 Å². The molecular weight excluding hydrogens is 234 g/mol.